The second-order valence-corrected chi connectivity index (χ2v) is 11.2. The number of nitrogens with zero attached hydrogens (tertiary/aromatic N) is 1. The van der Waals surface area contributed by atoms with Gasteiger partial charge in [-0.3, -0.25) is 4.72 Å². The molecular formula is C19H21ClN2O4S2. The number of hydrogen-bond donors (Lipinski definition) is 1. The van der Waals surface area contributed by atoms with Gasteiger partial charge in [0.2, 0.25) is 10.0 Å². The monoisotopic (exact) mass is 440 g/mol. The average molecular weight is 441 g/mol. The summed E-state index contributed by atoms with van der Waals surface area (Å²) in [6.45, 7) is 0.947. The Labute approximate surface area is 170 Å². The van der Waals surface area contributed by atoms with E-state index < -0.39 is 20.0 Å². The van der Waals surface area contributed by atoms with Crippen LogP contribution in [0.1, 0.15) is 30.4 Å². The summed E-state index contributed by atoms with van der Waals surface area (Å²) in [6.07, 6.45) is 4.50. The van der Waals surface area contributed by atoms with Gasteiger partial charge < -0.3 is 0 Å². The van der Waals surface area contributed by atoms with Gasteiger partial charge in [0.25, 0.3) is 10.0 Å². The summed E-state index contributed by atoms with van der Waals surface area (Å²) in [5.41, 5.74) is 2.28. The molecule has 1 fully saturated rings. The van der Waals surface area contributed by atoms with E-state index >= 15 is 0 Å². The zero-order valence-electron chi connectivity index (χ0n) is 15.2. The molecule has 28 heavy (non-hydrogen) atoms. The van der Waals surface area contributed by atoms with E-state index in [0.717, 1.165) is 37.7 Å². The van der Waals surface area contributed by atoms with Crippen LogP contribution in [0.25, 0.3) is 0 Å². The molecule has 0 atom stereocenters. The highest BCUT2D eigenvalue weighted by atomic mass is 35.5. The van der Waals surface area contributed by atoms with Gasteiger partial charge in [0, 0.05) is 13.1 Å². The second kappa shape index (κ2) is 7.33. The van der Waals surface area contributed by atoms with Crippen molar-refractivity contribution in [3.8, 4) is 0 Å². The molecule has 0 spiro atoms. The van der Waals surface area contributed by atoms with Crippen molar-refractivity contribution in [2.75, 3.05) is 17.8 Å². The van der Waals surface area contributed by atoms with E-state index in [9.17, 15) is 16.8 Å². The van der Waals surface area contributed by atoms with Crippen molar-refractivity contribution in [3.63, 3.8) is 0 Å². The highest BCUT2D eigenvalue weighted by molar-refractivity contribution is 7.92. The molecule has 2 aromatic carbocycles. The molecule has 1 saturated heterocycles. The second-order valence-electron chi connectivity index (χ2n) is 7.14. The molecule has 150 valence electrons. The largest absolute Gasteiger partial charge is 0.278 e. The maximum absolute atomic E-state index is 12.8. The smallest absolute Gasteiger partial charge is 0.261 e. The van der Waals surface area contributed by atoms with Crippen LogP contribution in [0.4, 0.5) is 5.69 Å². The molecule has 0 amide bonds. The maximum Gasteiger partial charge on any atom is 0.261 e. The van der Waals surface area contributed by atoms with Crippen molar-refractivity contribution in [1.29, 1.82) is 0 Å². The summed E-state index contributed by atoms with van der Waals surface area (Å²) in [5, 5.41) is 0.144. The summed E-state index contributed by atoms with van der Waals surface area (Å²) in [7, 11) is -7.55. The molecular weight excluding hydrogens is 420 g/mol. The van der Waals surface area contributed by atoms with Gasteiger partial charge in [0.15, 0.2) is 0 Å². The zero-order chi connectivity index (χ0) is 19.9. The Morgan fingerprint density at radius 3 is 2.25 bits per heavy atom. The fourth-order valence-corrected chi connectivity index (χ4v) is 6.63. The van der Waals surface area contributed by atoms with Crippen molar-refractivity contribution in [3.05, 3.63) is 52.5 Å². The first-order valence-electron chi connectivity index (χ1n) is 9.22. The normalized spacial score (nSPS) is 17.6. The Morgan fingerprint density at radius 1 is 0.821 bits per heavy atom. The summed E-state index contributed by atoms with van der Waals surface area (Å²) >= 11 is 6.16. The molecule has 1 aliphatic carbocycles. The molecule has 2 aromatic rings. The van der Waals surface area contributed by atoms with E-state index in [-0.39, 0.29) is 20.5 Å². The van der Waals surface area contributed by atoms with Gasteiger partial charge in [0.1, 0.15) is 0 Å². The van der Waals surface area contributed by atoms with E-state index in [1.807, 2.05) is 6.07 Å². The summed E-state index contributed by atoms with van der Waals surface area (Å²) < 4.78 is 55.1. The van der Waals surface area contributed by atoms with Gasteiger partial charge in [-0.2, -0.15) is 4.31 Å². The molecule has 4 rings (SSSR count). The lowest BCUT2D eigenvalue weighted by Crippen LogP contribution is -2.28. The van der Waals surface area contributed by atoms with Crippen LogP contribution >= 0.6 is 11.6 Å². The molecule has 2 aliphatic rings. The number of aryl methyl sites for hydroxylation is 2. The molecule has 6 nitrogen and oxygen atoms in total. The quantitative estimate of drug-likeness (QED) is 0.772. The number of fused-ring (bicyclic) bond motifs is 1. The van der Waals surface area contributed by atoms with Crippen molar-refractivity contribution >= 4 is 37.3 Å². The van der Waals surface area contributed by atoms with Crippen molar-refractivity contribution in [2.24, 2.45) is 0 Å². The van der Waals surface area contributed by atoms with Gasteiger partial charge in [-0.15, -0.1) is 0 Å². The zero-order valence-corrected chi connectivity index (χ0v) is 17.6. The van der Waals surface area contributed by atoms with E-state index in [2.05, 4.69) is 4.72 Å². The standard InChI is InChI=1S/C19H21ClN2O4S2/c20-18-9-8-17(28(25,26)22-10-1-2-11-22)13-19(18)21-27(23,24)16-7-6-14-4-3-5-15(14)12-16/h6-9,12-13,21H,1-5,10-11H2. The van der Waals surface area contributed by atoms with E-state index in [4.69, 9.17) is 11.6 Å². The molecule has 0 bridgehead atoms. The van der Waals surface area contributed by atoms with Crippen molar-refractivity contribution in [1.82, 2.24) is 4.31 Å². The Bertz CT molecular complexity index is 1120. The van der Waals surface area contributed by atoms with Gasteiger partial charge in [-0.25, -0.2) is 16.8 Å². The molecule has 9 heteroatoms. The Morgan fingerprint density at radius 2 is 1.50 bits per heavy atom. The third kappa shape index (κ3) is 3.66. The Kier molecular flexibility index (Phi) is 5.16. The van der Waals surface area contributed by atoms with Gasteiger partial charge in [-0.05, 0) is 73.6 Å². The fraction of sp³-hybridized carbons (Fsp3) is 0.368. The number of hydrogen-bond acceptors (Lipinski definition) is 4. The van der Waals surface area contributed by atoms with Crippen molar-refractivity contribution < 1.29 is 16.8 Å². The maximum atomic E-state index is 12.8. The lowest BCUT2D eigenvalue weighted by atomic mass is 10.1. The number of sulfonamides is 2. The number of anilines is 1. The molecule has 0 aromatic heterocycles. The van der Waals surface area contributed by atoms with Crippen LogP contribution < -0.4 is 4.72 Å². The average Bonchev–Trinajstić information content (AvgIpc) is 3.34. The minimum Gasteiger partial charge on any atom is -0.278 e. The molecule has 0 unspecified atom stereocenters. The third-order valence-electron chi connectivity index (χ3n) is 5.27. The molecule has 1 heterocycles. The predicted octanol–water partition coefficient (Wildman–Crippen LogP) is 3.41. The summed E-state index contributed by atoms with van der Waals surface area (Å²) in [5.74, 6) is 0. The fourth-order valence-electron chi connectivity index (χ4n) is 3.74. The van der Waals surface area contributed by atoms with Crippen LogP contribution in [0, 0.1) is 0 Å². The lowest BCUT2D eigenvalue weighted by Gasteiger charge is -2.17. The van der Waals surface area contributed by atoms with Gasteiger partial charge in [0.05, 0.1) is 20.5 Å². The number of benzene rings is 2. The van der Waals surface area contributed by atoms with E-state index in [1.165, 1.54) is 28.1 Å². The van der Waals surface area contributed by atoms with Crippen LogP contribution in [-0.4, -0.2) is 34.2 Å². The molecule has 1 N–H and O–H groups in total. The highest BCUT2D eigenvalue weighted by Gasteiger charge is 2.28. The lowest BCUT2D eigenvalue weighted by molar-refractivity contribution is 0.477. The summed E-state index contributed by atoms with van der Waals surface area (Å²) in [6, 6.07) is 9.20. The van der Waals surface area contributed by atoms with Crippen LogP contribution in [0.5, 0.6) is 0 Å². The van der Waals surface area contributed by atoms with Gasteiger partial charge in [-0.1, -0.05) is 17.7 Å². The third-order valence-corrected chi connectivity index (χ3v) is 8.85. The Hall–Kier alpha value is -1.61. The molecule has 0 saturated carbocycles. The highest BCUT2D eigenvalue weighted by Crippen LogP contribution is 2.31. The van der Waals surface area contributed by atoms with Crippen LogP contribution in [0.2, 0.25) is 5.02 Å². The SMILES string of the molecule is O=S(=O)(Nc1cc(S(=O)(=O)N2CCCC2)ccc1Cl)c1ccc2c(c1)CCC2. The summed E-state index contributed by atoms with van der Waals surface area (Å²) in [4.78, 5) is 0.183. The minimum absolute atomic E-state index is 0.0328. The van der Waals surface area contributed by atoms with Crippen LogP contribution in [0.15, 0.2) is 46.2 Å². The number of halogens is 1. The van der Waals surface area contributed by atoms with Gasteiger partial charge >= 0.3 is 0 Å². The van der Waals surface area contributed by atoms with E-state index in [0.29, 0.717) is 13.1 Å². The minimum atomic E-state index is -3.88. The van der Waals surface area contributed by atoms with Crippen LogP contribution in [-0.2, 0) is 32.9 Å². The first-order valence-corrected chi connectivity index (χ1v) is 12.5. The predicted molar refractivity (Wildman–Crippen MR) is 109 cm³/mol. The molecule has 1 aliphatic heterocycles. The van der Waals surface area contributed by atoms with Crippen molar-refractivity contribution in [2.45, 2.75) is 41.9 Å². The van der Waals surface area contributed by atoms with E-state index in [1.54, 1.807) is 12.1 Å². The topological polar surface area (TPSA) is 83.5 Å². The number of rotatable bonds is 5. The Balaban J connectivity index is 1.66. The van der Waals surface area contributed by atoms with Crippen LogP contribution in [0.3, 0.4) is 0 Å². The molecule has 0 radical (unpaired) electrons. The number of nitrogens with one attached hydrogen (secondary N) is 1. The first kappa shape index (κ1) is 19.7. The first-order chi connectivity index (χ1) is 13.3.